The highest BCUT2D eigenvalue weighted by atomic mass is 32.1. The van der Waals surface area contributed by atoms with E-state index in [1.54, 1.807) is 7.05 Å². The molecule has 0 bridgehead atoms. The Bertz CT molecular complexity index is 632. The molecule has 0 saturated carbocycles. The third kappa shape index (κ3) is 2.76. The lowest BCUT2D eigenvalue weighted by Crippen LogP contribution is -2.39. The topological polar surface area (TPSA) is 41.1 Å². The fourth-order valence-corrected chi connectivity index (χ4v) is 3.37. The van der Waals surface area contributed by atoms with Gasteiger partial charge < -0.3 is 10.2 Å². The zero-order chi connectivity index (χ0) is 15.0. The Morgan fingerprint density at radius 1 is 1.29 bits per heavy atom. The average molecular weight is 316 g/mol. The van der Waals surface area contributed by atoms with Gasteiger partial charge in [0.05, 0.1) is 11.3 Å². The van der Waals surface area contributed by atoms with E-state index in [1.807, 2.05) is 16.3 Å². The molecular formula is C13H15F3N4S. The molecule has 2 aromatic heterocycles. The van der Waals surface area contributed by atoms with E-state index in [-0.39, 0.29) is 12.8 Å². The maximum absolute atomic E-state index is 12.7. The molecule has 0 amide bonds. The van der Waals surface area contributed by atoms with Gasteiger partial charge in [-0.15, -0.1) is 11.3 Å². The largest absolute Gasteiger partial charge is 0.391 e. The van der Waals surface area contributed by atoms with E-state index in [0.717, 1.165) is 16.0 Å². The molecule has 3 rings (SSSR count). The summed E-state index contributed by atoms with van der Waals surface area (Å²) in [5, 5.41) is 5.73. The van der Waals surface area contributed by atoms with E-state index in [1.165, 1.54) is 11.3 Å². The van der Waals surface area contributed by atoms with E-state index < -0.39 is 12.1 Å². The second-order valence-electron chi connectivity index (χ2n) is 5.06. The number of hydrogen-bond acceptors (Lipinski definition) is 5. The summed E-state index contributed by atoms with van der Waals surface area (Å²) >= 11 is 1.50. The zero-order valence-electron chi connectivity index (χ0n) is 11.4. The second-order valence-corrected chi connectivity index (χ2v) is 5.96. The van der Waals surface area contributed by atoms with Crippen LogP contribution in [-0.2, 0) is 0 Å². The molecule has 2 aromatic rings. The van der Waals surface area contributed by atoms with Crippen molar-refractivity contribution in [3.05, 3.63) is 11.4 Å². The molecule has 21 heavy (non-hydrogen) atoms. The lowest BCUT2D eigenvalue weighted by atomic mass is 9.96. The summed E-state index contributed by atoms with van der Waals surface area (Å²) in [4.78, 5) is 11.6. The minimum absolute atomic E-state index is 0.119. The van der Waals surface area contributed by atoms with Crippen LogP contribution in [0.2, 0.25) is 0 Å². The average Bonchev–Trinajstić information content (AvgIpc) is 2.93. The quantitative estimate of drug-likeness (QED) is 0.920. The first kappa shape index (κ1) is 14.4. The van der Waals surface area contributed by atoms with E-state index in [0.29, 0.717) is 19.0 Å². The van der Waals surface area contributed by atoms with Gasteiger partial charge in [-0.3, -0.25) is 0 Å². The molecule has 3 heterocycles. The molecule has 1 fully saturated rings. The molecule has 1 saturated heterocycles. The van der Waals surface area contributed by atoms with E-state index in [9.17, 15) is 13.2 Å². The fraction of sp³-hybridized carbons (Fsp3) is 0.538. The molecule has 8 heteroatoms. The predicted molar refractivity (Wildman–Crippen MR) is 78.0 cm³/mol. The van der Waals surface area contributed by atoms with Crippen LogP contribution in [0.15, 0.2) is 11.4 Å². The van der Waals surface area contributed by atoms with Crippen molar-refractivity contribution in [2.45, 2.75) is 19.0 Å². The molecule has 0 spiro atoms. The highest BCUT2D eigenvalue weighted by Gasteiger charge is 2.41. The Hall–Kier alpha value is -1.57. The molecule has 0 unspecified atom stereocenters. The minimum Gasteiger partial charge on any atom is -0.357 e. The van der Waals surface area contributed by atoms with Crippen LogP contribution < -0.4 is 10.2 Å². The van der Waals surface area contributed by atoms with Gasteiger partial charge >= 0.3 is 6.18 Å². The van der Waals surface area contributed by atoms with Crippen molar-refractivity contribution in [2.75, 3.05) is 30.4 Å². The van der Waals surface area contributed by atoms with Crippen LogP contribution in [-0.4, -0.2) is 36.3 Å². The number of rotatable bonds is 2. The number of aromatic nitrogens is 2. The van der Waals surface area contributed by atoms with Crippen LogP contribution in [0.3, 0.4) is 0 Å². The van der Waals surface area contributed by atoms with Crippen molar-refractivity contribution in [3.8, 4) is 0 Å². The van der Waals surface area contributed by atoms with Gasteiger partial charge in [0.25, 0.3) is 0 Å². The smallest absolute Gasteiger partial charge is 0.357 e. The monoisotopic (exact) mass is 316 g/mol. The van der Waals surface area contributed by atoms with Crippen LogP contribution in [0.5, 0.6) is 0 Å². The molecule has 0 aliphatic carbocycles. The first-order valence-electron chi connectivity index (χ1n) is 6.73. The summed E-state index contributed by atoms with van der Waals surface area (Å²) in [6.45, 7) is 0.741. The number of fused-ring (bicyclic) bond motifs is 1. The van der Waals surface area contributed by atoms with Gasteiger partial charge in [-0.25, -0.2) is 4.98 Å². The molecular weight excluding hydrogens is 301 g/mol. The third-order valence-corrected chi connectivity index (χ3v) is 4.59. The Kier molecular flexibility index (Phi) is 3.64. The normalized spacial score (nSPS) is 17.4. The summed E-state index contributed by atoms with van der Waals surface area (Å²) < 4.78 is 38.2. The number of thiophene rings is 1. The summed E-state index contributed by atoms with van der Waals surface area (Å²) in [6, 6.07) is 1.92. The third-order valence-electron chi connectivity index (χ3n) is 3.79. The Labute approximate surface area is 124 Å². The molecule has 0 atom stereocenters. The first-order chi connectivity index (χ1) is 9.99. The Balaban J connectivity index is 1.86. The predicted octanol–water partition coefficient (Wildman–Crippen LogP) is 3.51. The van der Waals surface area contributed by atoms with Crippen LogP contribution in [0.4, 0.5) is 24.9 Å². The van der Waals surface area contributed by atoms with E-state index in [4.69, 9.17) is 0 Å². The van der Waals surface area contributed by atoms with Gasteiger partial charge in [-0.2, -0.15) is 18.2 Å². The SMILES string of the molecule is CNc1nc(N2CCC(C(F)(F)F)CC2)c2ccsc2n1. The number of piperidine rings is 1. The first-order valence-corrected chi connectivity index (χ1v) is 7.61. The minimum atomic E-state index is -4.09. The maximum atomic E-state index is 12.7. The molecule has 114 valence electrons. The van der Waals surface area contributed by atoms with Crippen molar-refractivity contribution in [1.82, 2.24) is 9.97 Å². The summed E-state index contributed by atoms with van der Waals surface area (Å²) in [7, 11) is 1.73. The number of anilines is 2. The number of hydrogen-bond donors (Lipinski definition) is 1. The lowest BCUT2D eigenvalue weighted by molar-refractivity contribution is -0.179. The van der Waals surface area contributed by atoms with Crippen molar-refractivity contribution < 1.29 is 13.2 Å². The highest BCUT2D eigenvalue weighted by molar-refractivity contribution is 7.16. The standard InChI is InChI=1S/C13H15F3N4S/c1-17-12-18-10(9-4-7-21-11(9)19-12)20-5-2-8(3-6-20)13(14,15)16/h4,7-8H,2-3,5-6H2,1H3,(H,17,18,19). The zero-order valence-corrected chi connectivity index (χ0v) is 12.3. The van der Waals surface area contributed by atoms with Crippen molar-refractivity contribution in [2.24, 2.45) is 5.92 Å². The van der Waals surface area contributed by atoms with Crippen molar-refractivity contribution in [1.29, 1.82) is 0 Å². The van der Waals surface area contributed by atoms with Gasteiger partial charge in [-0.1, -0.05) is 0 Å². The van der Waals surface area contributed by atoms with E-state index >= 15 is 0 Å². The Morgan fingerprint density at radius 2 is 2.00 bits per heavy atom. The van der Waals surface area contributed by atoms with Gasteiger partial charge in [0.15, 0.2) is 0 Å². The molecule has 1 aliphatic heterocycles. The number of alkyl halides is 3. The van der Waals surface area contributed by atoms with Crippen molar-refractivity contribution in [3.63, 3.8) is 0 Å². The van der Waals surface area contributed by atoms with Gasteiger partial charge in [0.1, 0.15) is 10.6 Å². The number of nitrogens with zero attached hydrogens (tertiary/aromatic N) is 3. The second kappa shape index (κ2) is 5.32. The molecule has 1 N–H and O–H groups in total. The number of halogens is 3. The van der Waals surface area contributed by atoms with E-state index in [2.05, 4.69) is 15.3 Å². The Morgan fingerprint density at radius 3 is 2.62 bits per heavy atom. The molecule has 0 radical (unpaired) electrons. The summed E-state index contributed by atoms with van der Waals surface area (Å²) in [6.07, 6.45) is -3.85. The van der Waals surface area contributed by atoms with Crippen LogP contribution in [0, 0.1) is 5.92 Å². The van der Waals surface area contributed by atoms with Crippen LogP contribution in [0.25, 0.3) is 10.2 Å². The molecule has 0 aromatic carbocycles. The highest BCUT2D eigenvalue weighted by Crippen LogP contribution is 2.37. The number of nitrogens with one attached hydrogen (secondary N) is 1. The summed E-state index contributed by atoms with van der Waals surface area (Å²) in [5.74, 6) is 0.0291. The van der Waals surface area contributed by atoms with Crippen LogP contribution in [0.1, 0.15) is 12.8 Å². The maximum Gasteiger partial charge on any atom is 0.391 e. The van der Waals surface area contributed by atoms with Gasteiger partial charge in [-0.05, 0) is 24.3 Å². The van der Waals surface area contributed by atoms with Gasteiger partial charge in [0, 0.05) is 20.1 Å². The van der Waals surface area contributed by atoms with Gasteiger partial charge in [0.2, 0.25) is 5.95 Å². The molecule has 1 aliphatic rings. The van der Waals surface area contributed by atoms with Crippen molar-refractivity contribution >= 4 is 33.3 Å². The molecule has 4 nitrogen and oxygen atoms in total. The fourth-order valence-electron chi connectivity index (χ4n) is 2.61. The lowest BCUT2D eigenvalue weighted by Gasteiger charge is -2.34. The summed E-state index contributed by atoms with van der Waals surface area (Å²) in [5.41, 5.74) is 0. The van der Waals surface area contributed by atoms with Crippen LogP contribution >= 0.6 is 11.3 Å².